The summed E-state index contributed by atoms with van der Waals surface area (Å²) in [4.78, 5) is 8.98. The first-order valence-electron chi connectivity index (χ1n) is 14.9. The molecule has 0 bridgehead atoms. The highest BCUT2D eigenvalue weighted by molar-refractivity contribution is 6.58. The number of hydrogen-bond acceptors (Lipinski definition) is 2. The van der Waals surface area contributed by atoms with E-state index in [-0.39, 0.29) is 0 Å². The van der Waals surface area contributed by atoms with Gasteiger partial charge >= 0.3 is 6.97 Å². The minimum Gasteiger partial charge on any atom is -0.393 e. The van der Waals surface area contributed by atoms with Crippen LogP contribution in [0.15, 0.2) is 77.8 Å². The summed E-state index contributed by atoms with van der Waals surface area (Å²) in [6.45, 7) is 9.67. The minimum atomic E-state index is -4.04. The number of allylic oxidation sites excluding steroid dienone is 2. The van der Waals surface area contributed by atoms with Gasteiger partial charge < -0.3 is 17.6 Å². The molecule has 7 heteroatoms. The second kappa shape index (κ2) is 10.6. The molecule has 0 amide bonds. The van der Waals surface area contributed by atoms with Crippen molar-refractivity contribution in [1.29, 1.82) is 0 Å². The molecule has 0 fully saturated rings. The average molecular weight is 573 g/mol. The molecule has 4 nitrogen and oxygen atoms in total. The molecule has 2 aliphatic rings. The lowest BCUT2D eigenvalue weighted by Gasteiger charge is -2.34. The van der Waals surface area contributed by atoms with Crippen LogP contribution in [0.5, 0.6) is 0 Å². The van der Waals surface area contributed by atoms with Crippen LogP contribution in [0, 0.1) is 32.6 Å². The number of fused-ring (bicyclic) bond motifs is 2. The molecule has 0 unspecified atom stereocenters. The van der Waals surface area contributed by atoms with Gasteiger partial charge in [0.1, 0.15) is 5.71 Å². The van der Waals surface area contributed by atoms with Gasteiger partial charge in [-0.3, -0.25) is 9.97 Å². The quantitative estimate of drug-likeness (QED) is 0.183. The molecule has 5 heterocycles. The topological polar surface area (TPSA) is 33.7 Å². The van der Waals surface area contributed by atoms with E-state index in [0.29, 0.717) is 35.6 Å². The maximum atomic E-state index is 16.5. The zero-order chi connectivity index (χ0) is 30.6. The molecule has 4 aromatic rings. The number of rotatable bonds is 4. The van der Waals surface area contributed by atoms with Crippen molar-refractivity contribution in [3.8, 4) is 23.2 Å². The van der Waals surface area contributed by atoms with Gasteiger partial charge in [0.2, 0.25) is 0 Å². The number of nitrogens with zero attached hydrogens (tertiary/aromatic N) is 4. The molecule has 3 aromatic heterocycles. The fourth-order valence-electron chi connectivity index (χ4n) is 6.85. The van der Waals surface area contributed by atoms with Crippen molar-refractivity contribution in [3.63, 3.8) is 0 Å². The molecule has 0 saturated carbocycles. The first-order chi connectivity index (χ1) is 20.6. The van der Waals surface area contributed by atoms with E-state index in [2.05, 4.69) is 21.8 Å². The molecule has 0 radical (unpaired) electrons. The summed E-state index contributed by atoms with van der Waals surface area (Å²) in [5.41, 5.74) is 12.5. The van der Waals surface area contributed by atoms with E-state index in [0.717, 1.165) is 61.5 Å². The molecule has 0 spiro atoms. The normalized spacial score (nSPS) is 15.5. The van der Waals surface area contributed by atoms with Crippen LogP contribution >= 0.6 is 0 Å². The Hall–Kier alpha value is -4.57. The smallest absolute Gasteiger partial charge is 0.393 e. The van der Waals surface area contributed by atoms with Gasteiger partial charge in [-0.25, -0.2) is 0 Å². The molecule has 43 heavy (non-hydrogen) atoms. The van der Waals surface area contributed by atoms with E-state index in [1.807, 2.05) is 103 Å². The van der Waals surface area contributed by atoms with Gasteiger partial charge in [-0.15, -0.1) is 0 Å². The van der Waals surface area contributed by atoms with Crippen LogP contribution in [0.2, 0.25) is 0 Å². The van der Waals surface area contributed by atoms with Gasteiger partial charge in [-0.05, 0) is 98.8 Å². The predicted octanol–water partition coefficient (Wildman–Crippen LogP) is 8.04. The van der Waals surface area contributed by atoms with E-state index in [9.17, 15) is 0 Å². The zero-order valence-corrected chi connectivity index (χ0v) is 25.8. The summed E-state index contributed by atoms with van der Waals surface area (Å²) in [5, 5.41) is 0. The molecule has 6 rings (SSSR count). The fourth-order valence-corrected chi connectivity index (χ4v) is 6.85. The molecule has 2 aliphatic heterocycles. The van der Waals surface area contributed by atoms with Crippen LogP contribution < -0.4 is 0 Å². The number of halogens is 2. The van der Waals surface area contributed by atoms with Crippen molar-refractivity contribution in [1.82, 2.24) is 14.4 Å². The third-order valence-electron chi connectivity index (χ3n) is 8.96. The van der Waals surface area contributed by atoms with Gasteiger partial charge in [0.25, 0.3) is 0 Å². The van der Waals surface area contributed by atoms with Crippen LogP contribution in [0.1, 0.15) is 78.9 Å². The maximum Gasteiger partial charge on any atom is 0.737 e. The average Bonchev–Trinajstić information content (AvgIpc) is 3.42. The standard InChI is InChI=1S/C36H35BF2N4/c1-8-30-23(4)35-34(36-24(5)31(9-2)26(7)43(36)37(38,39)42(35)25(30)6)29-16-13-27(14-17-29)11-12-28-15-19-33(41-21-28)32-18-10-22(3)20-40-32/h10,13-21H,8-9H2,1-7H3. The Bertz CT molecular complexity index is 1930. The van der Waals surface area contributed by atoms with Crippen molar-refractivity contribution in [2.24, 2.45) is 0 Å². The Kier molecular flexibility index (Phi) is 7.05. The number of aryl methyl sites for hydroxylation is 1. The fraction of sp³-hybridized carbons (Fsp3) is 0.250. The second-order valence-corrected chi connectivity index (χ2v) is 11.5. The van der Waals surface area contributed by atoms with Gasteiger partial charge in [-0.1, -0.05) is 43.9 Å². The molecule has 0 aliphatic carbocycles. The molecular weight excluding hydrogens is 537 g/mol. The van der Waals surface area contributed by atoms with Gasteiger partial charge in [-0.2, -0.15) is 0 Å². The summed E-state index contributed by atoms with van der Waals surface area (Å²) in [7, 11) is 0. The Morgan fingerprint density at radius 3 is 2.00 bits per heavy atom. The Morgan fingerprint density at radius 2 is 1.42 bits per heavy atom. The van der Waals surface area contributed by atoms with E-state index in [1.54, 1.807) is 6.20 Å². The number of pyridine rings is 2. The second-order valence-electron chi connectivity index (χ2n) is 11.5. The lowest BCUT2D eigenvalue weighted by molar-refractivity contribution is -0.363. The van der Waals surface area contributed by atoms with E-state index < -0.39 is 6.97 Å². The third kappa shape index (κ3) is 4.48. The first-order valence-corrected chi connectivity index (χ1v) is 14.9. The molecular formula is C36H35BF2N4. The van der Waals surface area contributed by atoms with Crippen molar-refractivity contribution in [2.45, 2.75) is 61.3 Å². The predicted molar refractivity (Wildman–Crippen MR) is 171 cm³/mol. The van der Waals surface area contributed by atoms with Crippen molar-refractivity contribution in [2.75, 3.05) is 0 Å². The Balaban J connectivity index is 1.41. The van der Waals surface area contributed by atoms with Crippen LogP contribution in [0.4, 0.5) is 8.63 Å². The highest BCUT2D eigenvalue weighted by Gasteiger charge is 2.56. The van der Waals surface area contributed by atoms with Gasteiger partial charge in [0, 0.05) is 47.3 Å². The Labute approximate surface area is 252 Å². The summed E-state index contributed by atoms with van der Waals surface area (Å²) >= 11 is 0. The largest absolute Gasteiger partial charge is 0.737 e. The summed E-state index contributed by atoms with van der Waals surface area (Å²) in [6.07, 6.45) is 5.00. The SMILES string of the molecule is CCC1=C(C)C2=C(c3ccc(C#Cc4ccc(-c5ccc(C)cn5)nc4)cc3)c3c(C)c(CC)c(C)n3[B-](F)(F)[N+]2=C1C. The van der Waals surface area contributed by atoms with Gasteiger partial charge in [0.15, 0.2) is 5.70 Å². The van der Waals surface area contributed by atoms with E-state index >= 15 is 8.63 Å². The third-order valence-corrected chi connectivity index (χ3v) is 8.96. The molecule has 1 aromatic carbocycles. The highest BCUT2D eigenvalue weighted by Crippen LogP contribution is 2.47. The van der Waals surface area contributed by atoms with E-state index in [4.69, 9.17) is 0 Å². The van der Waals surface area contributed by atoms with Crippen molar-refractivity contribution >= 4 is 18.3 Å². The van der Waals surface area contributed by atoms with Crippen LogP contribution in [-0.2, 0) is 6.42 Å². The first kappa shape index (κ1) is 28.5. The van der Waals surface area contributed by atoms with Crippen LogP contribution in [0.3, 0.4) is 0 Å². The molecule has 0 N–H and O–H groups in total. The zero-order valence-electron chi connectivity index (χ0n) is 25.8. The van der Waals surface area contributed by atoms with Crippen molar-refractivity contribution in [3.05, 3.63) is 123 Å². The van der Waals surface area contributed by atoms with Crippen LogP contribution in [-0.4, -0.2) is 31.6 Å². The van der Waals surface area contributed by atoms with Crippen LogP contribution in [0.25, 0.3) is 17.0 Å². The lowest BCUT2D eigenvalue weighted by atomic mass is 9.83. The summed E-state index contributed by atoms with van der Waals surface area (Å²) < 4.78 is 35.6. The monoisotopic (exact) mass is 572 g/mol. The van der Waals surface area contributed by atoms with Gasteiger partial charge in [0.05, 0.1) is 17.0 Å². The van der Waals surface area contributed by atoms with Crippen molar-refractivity contribution < 1.29 is 13.1 Å². The Morgan fingerprint density at radius 1 is 0.791 bits per heavy atom. The molecule has 0 atom stereocenters. The minimum absolute atomic E-state index is 0.628. The summed E-state index contributed by atoms with van der Waals surface area (Å²) in [6, 6.07) is 15.8. The highest BCUT2D eigenvalue weighted by atomic mass is 19.2. The summed E-state index contributed by atoms with van der Waals surface area (Å²) in [5.74, 6) is 6.43. The molecule has 216 valence electrons. The lowest BCUT2D eigenvalue weighted by Crippen LogP contribution is -2.51. The molecule has 0 saturated heterocycles. The number of hydrogen-bond donors (Lipinski definition) is 0. The number of benzene rings is 1. The maximum absolute atomic E-state index is 16.5. The number of aromatic nitrogens is 3. The van der Waals surface area contributed by atoms with E-state index in [1.165, 1.54) is 8.96 Å².